The molecule has 2 heterocycles. The first-order valence-corrected chi connectivity index (χ1v) is 6.62. The van der Waals surface area contributed by atoms with Gasteiger partial charge in [0.25, 0.3) is 5.56 Å². The molecule has 1 aromatic carbocycles. The summed E-state index contributed by atoms with van der Waals surface area (Å²) in [6, 6.07) is 11.3. The quantitative estimate of drug-likeness (QED) is 0.721. The van der Waals surface area contributed by atoms with Crippen LogP contribution in [-0.4, -0.2) is 9.55 Å². The summed E-state index contributed by atoms with van der Waals surface area (Å²) < 4.78 is 2.23. The maximum Gasteiger partial charge on any atom is 0.251 e. The van der Waals surface area contributed by atoms with Crippen molar-refractivity contribution in [3.8, 4) is 0 Å². The molecule has 3 nitrogen and oxygen atoms in total. The standard InChI is InChI=1S/C13H9ClN2OS/c14-13-15-7-10(18-13)8-16-11-4-2-1-3-9(11)5-6-12(16)17/h1-7H,8H2. The molecule has 3 aromatic rings. The second kappa shape index (κ2) is 4.55. The lowest BCUT2D eigenvalue weighted by Crippen LogP contribution is -2.19. The summed E-state index contributed by atoms with van der Waals surface area (Å²) in [5.74, 6) is 0. The van der Waals surface area contributed by atoms with Gasteiger partial charge in [0.15, 0.2) is 4.47 Å². The Morgan fingerprint density at radius 3 is 2.83 bits per heavy atom. The number of halogens is 1. The van der Waals surface area contributed by atoms with E-state index in [-0.39, 0.29) is 5.56 Å². The second-order valence-electron chi connectivity index (χ2n) is 3.90. The summed E-state index contributed by atoms with van der Waals surface area (Å²) in [4.78, 5) is 16.9. The molecular formula is C13H9ClN2OS. The fourth-order valence-electron chi connectivity index (χ4n) is 1.92. The fourth-order valence-corrected chi connectivity index (χ4v) is 2.89. The third-order valence-corrected chi connectivity index (χ3v) is 3.84. The first-order valence-electron chi connectivity index (χ1n) is 5.43. The highest BCUT2D eigenvalue weighted by Gasteiger charge is 2.05. The molecule has 0 spiro atoms. The van der Waals surface area contributed by atoms with Crippen LogP contribution >= 0.6 is 22.9 Å². The van der Waals surface area contributed by atoms with E-state index < -0.39 is 0 Å². The molecule has 0 saturated heterocycles. The molecule has 2 aromatic heterocycles. The number of benzene rings is 1. The van der Waals surface area contributed by atoms with E-state index in [1.54, 1.807) is 16.8 Å². The van der Waals surface area contributed by atoms with Gasteiger partial charge in [0.2, 0.25) is 0 Å². The molecule has 5 heteroatoms. The van der Waals surface area contributed by atoms with E-state index in [2.05, 4.69) is 4.98 Å². The van der Waals surface area contributed by atoms with Crippen molar-refractivity contribution in [2.75, 3.05) is 0 Å². The first kappa shape index (κ1) is 11.4. The molecule has 90 valence electrons. The summed E-state index contributed by atoms with van der Waals surface area (Å²) >= 11 is 7.20. The molecule has 0 saturated carbocycles. The Kier molecular flexibility index (Phi) is 2.89. The van der Waals surface area contributed by atoms with Crippen LogP contribution in [0.3, 0.4) is 0 Å². The normalized spacial score (nSPS) is 10.9. The van der Waals surface area contributed by atoms with Crippen LogP contribution < -0.4 is 5.56 Å². The average Bonchev–Trinajstić information content (AvgIpc) is 2.79. The van der Waals surface area contributed by atoms with Crippen molar-refractivity contribution in [1.82, 2.24) is 9.55 Å². The summed E-state index contributed by atoms with van der Waals surface area (Å²) in [5, 5.41) is 1.05. The van der Waals surface area contributed by atoms with Crippen LogP contribution in [0.25, 0.3) is 10.9 Å². The van der Waals surface area contributed by atoms with Crippen LogP contribution in [0.15, 0.2) is 47.4 Å². The lowest BCUT2D eigenvalue weighted by Gasteiger charge is -2.08. The van der Waals surface area contributed by atoms with E-state index in [0.29, 0.717) is 11.0 Å². The minimum Gasteiger partial charge on any atom is -0.303 e. The first-order chi connectivity index (χ1) is 8.74. The number of hydrogen-bond donors (Lipinski definition) is 0. The highest BCUT2D eigenvalue weighted by molar-refractivity contribution is 7.15. The zero-order valence-corrected chi connectivity index (χ0v) is 10.9. The lowest BCUT2D eigenvalue weighted by molar-refractivity contribution is 0.805. The number of para-hydroxylation sites is 1. The Hall–Kier alpha value is -1.65. The maximum atomic E-state index is 12.0. The highest BCUT2D eigenvalue weighted by Crippen LogP contribution is 2.20. The minimum atomic E-state index is -0.0155. The molecule has 0 unspecified atom stereocenters. The molecule has 0 N–H and O–H groups in total. The zero-order chi connectivity index (χ0) is 12.5. The zero-order valence-electron chi connectivity index (χ0n) is 9.34. The van der Waals surface area contributed by atoms with Gasteiger partial charge < -0.3 is 4.57 Å². The van der Waals surface area contributed by atoms with Crippen molar-refractivity contribution in [2.45, 2.75) is 6.54 Å². The van der Waals surface area contributed by atoms with Gasteiger partial charge >= 0.3 is 0 Å². The van der Waals surface area contributed by atoms with Crippen molar-refractivity contribution in [3.63, 3.8) is 0 Å². The SMILES string of the molecule is O=c1ccc2ccccc2n1Cc1cnc(Cl)s1. The van der Waals surface area contributed by atoms with Crippen LogP contribution in [-0.2, 0) is 6.54 Å². The van der Waals surface area contributed by atoms with E-state index in [4.69, 9.17) is 11.6 Å². The van der Waals surface area contributed by atoms with Gasteiger partial charge in [-0.3, -0.25) is 4.79 Å². The lowest BCUT2D eigenvalue weighted by atomic mass is 10.2. The van der Waals surface area contributed by atoms with Crippen LogP contribution in [0.4, 0.5) is 0 Å². The number of pyridine rings is 1. The molecule has 0 amide bonds. The highest BCUT2D eigenvalue weighted by atomic mass is 35.5. The molecular weight excluding hydrogens is 268 g/mol. The van der Waals surface area contributed by atoms with Gasteiger partial charge in [0, 0.05) is 17.1 Å². The summed E-state index contributed by atoms with van der Waals surface area (Å²) in [6.07, 6.45) is 1.71. The Bertz CT molecular complexity index is 763. The number of fused-ring (bicyclic) bond motifs is 1. The molecule has 0 aliphatic carbocycles. The molecule has 0 radical (unpaired) electrons. The molecule has 0 fully saturated rings. The second-order valence-corrected chi connectivity index (χ2v) is 5.59. The molecule has 3 rings (SSSR count). The fraction of sp³-hybridized carbons (Fsp3) is 0.0769. The minimum absolute atomic E-state index is 0.0155. The molecule has 0 bridgehead atoms. The van der Waals surface area contributed by atoms with Gasteiger partial charge in [-0.1, -0.05) is 29.8 Å². The van der Waals surface area contributed by atoms with E-state index >= 15 is 0 Å². The third-order valence-electron chi connectivity index (χ3n) is 2.74. The number of hydrogen-bond acceptors (Lipinski definition) is 3. The van der Waals surface area contributed by atoms with Crippen molar-refractivity contribution in [1.29, 1.82) is 0 Å². The topological polar surface area (TPSA) is 34.9 Å². The molecule has 18 heavy (non-hydrogen) atoms. The van der Waals surface area contributed by atoms with Gasteiger partial charge in [-0.25, -0.2) is 4.98 Å². The number of thiazole rings is 1. The Labute approximate surface area is 112 Å². The predicted octanol–water partition coefficient (Wildman–Crippen LogP) is 3.16. The smallest absolute Gasteiger partial charge is 0.251 e. The van der Waals surface area contributed by atoms with Crippen molar-refractivity contribution in [2.24, 2.45) is 0 Å². The van der Waals surface area contributed by atoms with Gasteiger partial charge in [-0.2, -0.15) is 0 Å². The van der Waals surface area contributed by atoms with Crippen LogP contribution in [0.5, 0.6) is 0 Å². The number of rotatable bonds is 2. The Balaban J connectivity index is 2.16. The summed E-state index contributed by atoms with van der Waals surface area (Å²) in [5.41, 5.74) is 0.910. The van der Waals surface area contributed by atoms with Gasteiger partial charge in [0.05, 0.1) is 12.1 Å². The largest absolute Gasteiger partial charge is 0.303 e. The van der Waals surface area contributed by atoms with E-state index in [1.807, 2.05) is 30.3 Å². The van der Waals surface area contributed by atoms with Gasteiger partial charge in [-0.05, 0) is 17.5 Å². The van der Waals surface area contributed by atoms with Crippen molar-refractivity contribution < 1.29 is 0 Å². The maximum absolute atomic E-state index is 12.0. The Morgan fingerprint density at radius 2 is 2.06 bits per heavy atom. The van der Waals surface area contributed by atoms with Crippen molar-refractivity contribution >= 4 is 33.8 Å². The van der Waals surface area contributed by atoms with Crippen LogP contribution in [0, 0.1) is 0 Å². The van der Waals surface area contributed by atoms with Crippen LogP contribution in [0.1, 0.15) is 4.88 Å². The average molecular weight is 277 g/mol. The van der Waals surface area contributed by atoms with Crippen LogP contribution in [0.2, 0.25) is 4.47 Å². The van der Waals surface area contributed by atoms with Gasteiger partial charge in [-0.15, -0.1) is 11.3 Å². The number of aromatic nitrogens is 2. The molecule has 0 atom stereocenters. The Morgan fingerprint density at radius 1 is 1.22 bits per heavy atom. The summed E-state index contributed by atoms with van der Waals surface area (Å²) in [6.45, 7) is 0.505. The summed E-state index contributed by atoms with van der Waals surface area (Å²) in [7, 11) is 0. The van der Waals surface area contributed by atoms with E-state index in [1.165, 1.54) is 11.3 Å². The van der Waals surface area contributed by atoms with E-state index in [9.17, 15) is 4.79 Å². The molecule has 0 aliphatic heterocycles. The molecule has 0 aliphatic rings. The monoisotopic (exact) mass is 276 g/mol. The predicted molar refractivity (Wildman–Crippen MR) is 74.4 cm³/mol. The third kappa shape index (κ3) is 2.05. The van der Waals surface area contributed by atoms with Crippen molar-refractivity contribution in [3.05, 3.63) is 62.3 Å². The number of nitrogens with zero attached hydrogens (tertiary/aromatic N) is 2. The van der Waals surface area contributed by atoms with Gasteiger partial charge in [0.1, 0.15) is 0 Å². The van der Waals surface area contributed by atoms with E-state index in [0.717, 1.165) is 15.8 Å².